The van der Waals surface area contributed by atoms with E-state index in [-0.39, 0.29) is 22.4 Å². The number of hydrogen-bond donors (Lipinski definition) is 2. The summed E-state index contributed by atoms with van der Waals surface area (Å²) < 4.78 is 17.4. The Morgan fingerprint density at radius 2 is 1.78 bits per heavy atom. The molecule has 176 valence electrons. The van der Waals surface area contributed by atoms with E-state index in [0.717, 1.165) is 5.56 Å². The van der Waals surface area contributed by atoms with Crippen LogP contribution in [0.4, 0.5) is 0 Å². The summed E-state index contributed by atoms with van der Waals surface area (Å²) in [5.74, 6) is 0.0137. The average molecular weight is 480 g/mol. The van der Waals surface area contributed by atoms with Gasteiger partial charge in [0.05, 0.1) is 6.61 Å². The maximum Gasteiger partial charge on any atom is 0.325 e. The molecule has 0 heterocycles. The van der Waals surface area contributed by atoms with Gasteiger partial charge in [0.2, 0.25) is 0 Å². The average Bonchev–Trinajstić information content (AvgIpc) is 2.73. The number of nitrogens with two attached hydrogens (primary N) is 1. The van der Waals surface area contributed by atoms with Crippen molar-refractivity contribution in [2.24, 2.45) is 5.73 Å². The molecule has 0 amide bonds. The van der Waals surface area contributed by atoms with Gasteiger partial charge in [0.25, 0.3) is 8.32 Å². The summed E-state index contributed by atoms with van der Waals surface area (Å²) in [4.78, 5) is 12.1. The molecule has 0 aliphatic heterocycles. The molecule has 0 radical (unpaired) electrons. The minimum atomic E-state index is -2.35. The second kappa shape index (κ2) is 10.7. The number of hydrogen-bond acceptors (Lipinski definition) is 6. The summed E-state index contributed by atoms with van der Waals surface area (Å²) in [5, 5.41) is 11.0. The number of esters is 1. The van der Waals surface area contributed by atoms with Gasteiger partial charge in [-0.2, -0.15) is 0 Å². The maximum absolute atomic E-state index is 12.1. The van der Waals surface area contributed by atoms with Crippen molar-refractivity contribution < 1.29 is 23.8 Å². The molecule has 8 heteroatoms. The first kappa shape index (κ1) is 26.2. The normalized spacial score (nSPS) is 13.9. The van der Waals surface area contributed by atoms with E-state index < -0.39 is 26.4 Å². The monoisotopic (exact) mass is 479 g/mol. The van der Waals surface area contributed by atoms with Gasteiger partial charge < -0.3 is 24.7 Å². The largest absolute Gasteiger partial charge is 0.542 e. The summed E-state index contributed by atoms with van der Waals surface area (Å²) in [6, 6.07) is 11.7. The molecule has 0 unspecified atom stereocenters. The van der Waals surface area contributed by atoms with Crippen LogP contribution in [0.15, 0.2) is 42.5 Å². The number of benzene rings is 2. The van der Waals surface area contributed by atoms with Crippen molar-refractivity contribution in [2.75, 3.05) is 6.61 Å². The predicted molar refractivity (Wildman–Crippen MR) is 130 cm³/mol. The van der Waals surface area contributed by atoms with Gasteiger partial charge in [0, 0.05) is 5.56 Å². The van der Waals surface area contributed by atoms with Crippen molar-refractivity contribution in [3.8, 4) is 11.5 Å². The van der Waals surface area contributed by atoms with E-state index in [1.165, 1.54) is 0 Å². The highest BCUT2D eigenvalue weighted by molar-refractivity contribution is 6.74. The van der Waals surface area contributed by atoms with Crippen LogP contribution in [0.3, 0.4) is 0 Å². The van der Waals surface area contributed by atoms with Crippen LogP contribution in [0.1, 0.15) is 44.9 Å². The second-order valence-corrected chi connectivity index (χ2v) is 14.3. The smallest absolute Gasteiger partial charge is 0.325 e. The number of halogens is 1. The lowest BCUT2D eigenvalue weighted by atomic mass is 10.0. The summed E-state index contributed by atoms with van der Waals surface area (Å²) in [6.45, 7) is 12.6. The summed E-state index contributed by atoms with van der Waals surface area (Å²) in [6.07, 6.45) is -1.35. The highest BCUT2D eigenvalue weighted by Crippen LogP contribution is 2.45. The SMILES string of the molecule is CCOC(=O)[C@@H](N)[C@H](O)c1ccc(OCc2ccccc2)c(Cl)c1O[Si](C)(C)C(C)(C)C. The molecule has 2 aromatic rings. The third-order valence-corrected chi connectivity index (χ3v) is 10.4. The number of ether oxygens (including phenoxy) is 2. The van der Waals surface area contributed by atoms with Gasteiger partial charge in [-0.15, -0.1) is 0 Å². The van der Waals surface area contributed by atoms with Gasteiger partial charge in [-0.05, 0) is 42.8 Å². The van der Waals surface area contributed by atoms with E-state index in [1.807, 2.05) is 30.3 Å². The first-order valence-electron chi connectivity index (χ1n) is 10.7. The molecule has 0 fully saturated rings. The fourth-order valence-corrected chi connectivity index (χ4v) is 4.07. The van der Waals surface area contributed by atoms with Crippen LogP contribution in [0.2, 0.25) is 23.2 Å². The Morgan fingerprint density at radius 1 is 1.16 bits per heavy atom. The van der Waals surface area contributed by atoms with Crippen molar-refractivity contribution in [3.05, 3.63) is 58.6 Å². The van der Waals surface area contributed by atoms with Crippen LogP contribution in [0.5, 0.6) is 11.5 Å². The molecule has 2 aromatic carbocycles. The van der Waals surface area contributed by atoms with Crippen LogP contribution >= 0.6 is 11.6 Å². The first-order chi connectivity index (χ1) is 14.9. The number of carbonyl (C=O) groups is 1. The Balaban J connectivity index is 2.46. The first-order valence-corrected chi connectivity index (χ1v) is 14.0. The van der Waals surface area contributed by atoms with E-state index in [4.69, 9.17) is 31.2 Å². The zero-order valence-corrected chi connectivity index (χ0v) is 21.4. The van der Waals surface area contributed by atoms with Crippen LogP contribution in [-0.4, -0.2) is 32.0 Å². The summed E-state index contributed by atoms with van der Waals surface area (Å²) in [5.41, 5.74) is 7.29. The molecular formula is C24H34ClNO5Si. The summed E-state index contributed by atoms with van der Waals surface area (Å²) >= 11 is 6.73. The number of aliphatic hydroxyl groups excluding tert-OH is 1. The molecule has 6 nitrogen and oxygen atoms in total. The lowest BCUT2D eigenvalue weighted by molar-refractivity contribution is -0.147. The number of aliphatic hydroxyl groups is 1. The fourth-order valence-electron chi connectivity index (χ4n) is 2.71. The molecule has 0 aliphatic carbocycles. The van der Waals surface area contributed by atoms with Crippen molar-refractivity contribution in [3.63, 3.8) is 0 Å². The Kier molecular flexibility index (Phi) is 8.76. The molecule has 2 rings (SSSR count). The Labute approximate surface area is 196 Å². The van der Waals surface area contributed by atoms with E-state index in [1.54, 1.807) is 19.1 Å². The van der Waals surface area contributed by atoms with Gasteiger partial charge in [0.15, 0.2) is 0 Å². The van der Waals surface area contributed by atoms with E-state index >= 15 is 0 Å². The highest BCUT2D eigenvalue weighted by Gasteiger charge is 2.41. The molecule has 0 aromatic heterocycles. The molecule has 0 saturated carbocycles. The number of rotatable bonds is 9. The molecule has 2 atom stereocenters. The van der Waals surface area contributed by atoms with Crippen LogP contribution in [0, 0.1) is 0 Å². The van der Waals surface area contributed by atoms with Crippen molar-refractivity contribution in [1.82, 2.24) is 0 Å². The Bertz CT molecular complexity index is 915. The van der Waals surface area contributed by atoms with Gasteiger partial charge in [0.1, 0.15) is 35.3 Å². The van der Waals surface area contributed by atoms with Gasteiger partial charge in [-0.1, -0.05) is 62.7 Å². The predicted octanol–water partition coefficient (Wildman–Crippen LogP) is 5.23. The molecule has 32 heavy (non-hydrogen) atoms. The minimum absolute atomic E-state index is 0.122. The molecular weight excluding hydrogens is 446 g/mol. The molecule has 3 N–H and O–H groups in total. The van der Waals surface area contributed by atoms with Crippen LogP contribution < -0.4 is 14.9 Å². The second-order valence-electron chi connectivity index (χ2n) is 9.16. The third kappa shape index (κ3) is 6.25. The fraction of sp³-hybridized carbons (Fsp3) is 0.458. The zero-order chi connectivity index (χ0) is 24.1. The van der Waals surface area contributed by atoms with Gasteiger partial charge in [-0.3, -0.25) is 4.79 Å². The molecule has 0 saturated heterocycles. The van der Waals surface area contributed by atoms with Gasteiger partial charge >= 0.3 is 5.97 Å². The maximum atomic E-state index is 12.1. The summed E-state index contributed by atoms with van der Waals surface area (Å²) in [7, 11) is -2.35. The topological polar surface area (TPSA) is 91.0 Å². The molecule has 0 aliphatic rings. The van der Waals surface area contributed by atoms with E-state index in [0.29, 0.717) is 17.9 Å². The molecule has 0 spiro atoms. The standard InChI is InChI=1S/C24H34ClNO5Si/c1-7-29-23(28)20(26)21(27)17-13-14-18(30-15-16-11-9-8-10-12-16)19(25)22(17)31-32(5,6)24(2,3)4/h8-14,20-21,27H,7,15,26H2,1-6H3/t20-,21+/m0/s1. The lowest BCUT2D eigenvalue weighted by Gasteiger charge is -2.38. The minimum Gasteiger partial charge on any atom is -0.542 e. The zero-order valence-electron chi connectivity index (χ0n) is 19.6. The Morgan fingerprint density at radius 3 is 2.34 bits per heavy atom. The van der Waals surface area contributed by atoms with Gasteiger partial charge in [-0.25, -0.2) is 0 Å². The van der Waals surface area contributed by atoms with E-state index in [2.05, 4.69) is 33.9 Å². The van der Waals surface area contributed by atoms with Crippen molar-refractivity contribution >= 4 is 25.9 Å². The van der Waals surface area contributed by atoms with Crippen molar-refractivity contribution in [1.29, 1.82) is 0 Å². The van der Waals surface area contributed by atoms with Crippen LogP contribution in [0.25, 0.3) is 0 Å². The number of carbonyl (C=O) groups excluding carboxylic acids is 1. The lowest BCUT2D eigenvalue weighted by Crippen LogP contribution is -2.44. The third-order valence-electron chi connectivity index (χ3n) is 5.71. The molecule has 0 bridgehead atoms. The van der Waals surface area contributed by atoms with Crippen molar-refractivity contribution in [2.45, 2.75) is 64.6 Å². The van der Waals surface area contributed by atoms with E-state index in [9.17, 15) is 9.90 Å². The quantitative estimate of drug-likeness (QED) is 0.378. The van der Waals surface area contributed by atoms with Crippen LogP contribution in [-0.2, 0) is 16.1 Å². The Hall–Kier alpha value is -2.06. The highest BCUT2D eigenvalue weighted by atomic mass is 35.5.